The number of likely N-dealkylation sites (tertiary alicyclic amines) is 1. The Labute approximate surface area is 104 Å². The van der Waals surface area contributed by atoms with Crippen LogP contribution in [-0.4, -0.2) is 39.4 Å². The summed E-state index contributed by atoms with van der Waals surface area (Å²) in [7, 11) is 0. The second-order valence-corrected chi connectivity index (χ2v) is 4.28. The minimum atomic E-state index is -0.604. The van der Waals surface area contributed by atoms with Crippen LogP contribution >= 0.6 is 0 Å². The number of piperidine rings is 1. The van der Waals surface area contributed by atoms with Crippen molar-refractivity contribution in [2.75, 3.05) is 6.54 Å². The van der Waals surface area contributed by atoms with Gasteiger partial charge in [0, 0.05) is 12.7 Å². The molecule has 0 spiro atoms. The number of hydrogen-bond donors (Lipinski definition) is 2. The van der Waals surface area contributed by atoms with Crippen LogP contribution in [0.15, 0.2) is 18.3 Å². The summed E-state index contributed by atoms with van der Waals surface area (Å²) in [4.78, 5) is 28.8. The minimum Gasteiger partial charge on any atom is -0.505 e. The van der Waals surface area contributed by atoms with E-state index in [2.05, 4.69) is 4.98 Å². The Morgan fingerprint density at radius 1 is 1.44 bits per heavy atom. The first-order valence-electron chi connectivity index (χ1n) is 5.85. The van der Waals surface area contributed by atoms with Crippen LogP contribution in [0.3, 0.4) is 0 Å². The molecule has 0 saturated carbocycles. The first kappa shape index (κ1) is 12.3. The summed E-state index contributed by atoms with van der Waals surface area (Å²) < 4.78 is 0. The summed E-state index contributed by atoms with van der Waals surface area (Å²) in [5.41, 5.74) is 5.26. The maximum atomic E-state index is 12.2. The molecule has 18 heavy (non-hydrogen) atoms. The number of carbonyl (C=O) groups excluding carboxylic acids is 2. The van der Waals surface area contributed by atoms with Gasteiger partial charge in [0.25, 0.3) is 5.91 Å². The molecule has 1 aromatic rings. The molecular formula is C12H15N3O3. The summed E-state index contributed by atoms with van der Waals surface area (Å²) in [6.45, 7) is 0.461. The Morgan fingerprint density at radius 2 is 2.22 bits per heavy atom. The Bertz CT molecular complexity index is 475. The number of hydrogen-bond acceptors (Lipinski definition) is 4. The first-order chi connectivity index (χ1) is 8.61. The van der Waals surface area contributed by atoms with E-state index in [0.29, 0.717) is 13.0 Å². The van der Waals surface area contributed by atoms with Gasteiger partial charge in [-0.25, -0.2) is 4.98 Å². The number of aromatic nitrogens is 1. The summed E-state index contributed by atoms with van der Waals surface area (Å²) in [5.74, 6) is -1.15. The summed E-state index contributed by atoms with van der Waals surface area (Å²) in [6.07, 6.45) is 3.68. The molecule has 0 aliphatic carbocycles. The van der Waals surface area contributed by atoms with E-state index in [-0.39, 0.29) is 11.4 Å². The van der Waals surface area contributed by atoms with E-state index in [4.69, 9.17) is 5.73 Å². The lowest BCUT2D eigenvalue weighted by Crippen LogP contribution is -2.50. The molecule has 2 amide bonds. The molecule has 0 aromatic carbocycles. The fraction of sp³-hybridized carbons (Fsp3) is 0.417. The number of carbonyl (C=O) groups is 2. The van der Waals surface area contributed by atoms with Crippen LogP contribution < -0.4 is 5.73 Å². The molecular weight excluding hydrogens is 234 g/mol. The average molecular weight is 249 g/mol. The minimum absolute atomic E-state index is 0.0364. The van der Waals surface area contributed by atoms with Crippen molar-refractivity contribution in [2.24, 2.45) is 5.73 Å². The average Bonchev–Trinajstić information content (AvgIpc) is 2.38. The van der Waals surface area contributed by atoms with Crippen molar-refractivity contribution >= 4 is 11.8 Å². The molecule has 96 valence electrons. The second kappa shape index (κ2) is 5.03. The SMILES string of the molecule is NC(=O)C1CCCCN1C(=O)c1ncccc1O. The lowest BCUT2D eigenvalue weighted by Gasteiger charge is -2.33. The highest BCUT2D eigenvalue weighted by molar-refractivity contribution is 5.97. The standard InChI is InChI=1S/C12H15N3O3/c13-11(17)8-4-1-2-7-15(8)12(18)10-9(16)5-3-6-14-10/h3,5-6,8,16H,1-2,4,7H2,(H2,13,17). The third-order valence-electron chi connectivity index (χ3n) is 3.08. The quantitative estimate of drug-likeness (QED) is 0.786. The van der Waals surface area contributed by atoms with Crippen LogP contribution in [0.4, 0.5) is 0 Å². The van der Waals surface area contributed by atoms with Crippen LogP contribution in [0.5, 0.6) is 5.75 Å². The smallest absolute Gasteiger partial charge is 0.276 e. The Morgan fingerprint density at radius 3 is 2.89 bits per heavy atom. The molecule has 1 aliphatic rings. The van der Waals surface area contributed by atoms with E-state index >= 15 is 0 Å². The van der Waals surface area contributed by atoms with Gasteiger partial charge in [0.15, 0.2) is 5.69 Å². The Kier molecular flexibility index (Phi) is 3.45. The molecule has 2 heterocycles. The Balaban J connectivity index is 2.27. The lowest BCUT2D eigenvalue weighted by atomic mass is 10.0. The molecule has 1 atom stereocenters. The van der Waals surface area contributed by atoms with Crippen molar-refractivity contribution in [3.8, 4) is 5.75 Å². The highest BCUT2D eigenvalue weighted by atomic mass is 16.3. The zero-order valence-electron chi connectivity index (χ0n) is 9.87. The molecule has 3 N–H and O–H groups in total. The van der Waals surface area contributed by atoms with Gasteiger partial charge >= 0.3 is 0 Å². The van der Waals surface area contributed by atoms with Gasteiger partial charge in [-0.15, -0.1) is 0 Å². The van der Waals surface area contributed by atoms with Crippen LogP contribution in [0.25, 0.3) is 0 Å². The zero-order chi connectivity index (χ0) is 13.1. The lowest BCUT2D eigenvalue weighted by molar-refractivity contribution is -0.123. The molecule has 0 bridgehead atoms. The van der Waals surface area contributed by atoms with Gasteiger partial charge in [-0.3, -0.25) is 9.59 Å². The molecule has 1 aliphatic heterocycles. The van der Waals surface area contributed by atoms with Gasteiger partial charge in [-0.2, -0.15) is 0 Å². The number of rotatable bonds is 2. The summed E-state index contributed by atoms with van der Waals surface area (Å²) >= 11 is 0. The molecule has 1 aromatic heterocycles. The van der Waals surface area contributed by atoms with Crippen LogP contribution in [0.1, 0.15) is 29.8 Å². The third-order valence-corrected chi connectivity index (χ3v) is 3.08. The van der Waals surface area contributed by atoms with Crippen LogP contribution in [0, 0.1) is 0 Å². The van der Waals surface area contributed by atoms with Gasteiger partial charge in [0.1, 0.15) is 11.8 Å². The predicted molar refractivity (Wildman–Crippen MR) is 63.8 cm³/mol. The van der Waals surface area contributed by atoms with Gasteiger partial charge in [0.2, 0.25) is 5.91 Å². The van der Waals surface area contributed by atoms with Gasteiger partial charge in [-0.05, 0) is 31.4 Å². The van der Waals surface area contributed by atoms with Crippen molar-refractivity contribution in [3.05, 3.63) is 24.0 Å². The van der Waals surface area contributed by atoms with Crippen molar-refractivity contribution < 1.29 is 14.7 Å². The topological polar surface area (TPSA) is 96.5 Å². The molecule has 1 fully saturated rings. The van der Waals surface area contributed by atoms with Gasteiger partial charge in [-0.1, -0.05) is 0 Å². The van der Waals surface area contributed by atoms with Gasteiger partial charge in [0.05, 0.1) is 0 Å². The normalized spacial score (nSPS) is 19.6. The monoisotopic (exact) mass is 249 g/mol. The fourth-order valence-electron chi connectivity index (χ4n) is 2.17. The largest absolute Gasteiger partial charge is 0.505 e. The fourth-order valence-corrected chi connectivity index (χ4v) is 2.17. The third kappa shape index (κ3) is 2.27. The molecule has 6 heteroatoms. The first-order valence-corrected chi connectivity index (χ1v) is 5.85. The van der Waals surface area contributed by atoms with Crippen molar-refractivity contribution in [1.82, 2.24) is 9.88 Å². The van der Waals surface area contributed by atoms with E-state index in [9.17, 15) is 14.7 Å². The van der Waals surface area contributed by atoms with Gasteiger partial charge < -0.3 is 15.7 Å². The number of pyridine rings is 1. The highest BCUT2D eigenvalue weighted by Crippen LogP contribution is 2.22. The maximum Gasteiger partial charge on any atom is 0.276 e. The van der Waals surface area contributed by atoms with E-state index in [0.717, 1.165) is 12.8 Å². The number of aromatic hydroxyl groups is 1. The summed E-state index contributed by atoms with van der Waals surface area (Å²) in [6, 6.07) is 2.32. The van der Waals surface area contributed by atoms with E-state index < -0.39 is 17.9 Å². The van der Waals surface area contributed by atoms with Crippen molar-refractivity contribution in [2.45, 2.75) is 25.3 Å². The second-order valence-electron chi connectivity index (χ2n) is 4.28. The maximum absolute atomic E-state index is 12.2. The van der Waals surface area contributed by atoms with Crippen LogP contribution in [0.2, 0.25) is 0 Å². The number of amides is 2. The summed E-state index contributed by atoms with van der Waals surface area (Å²) in [5, 5.41) is 9.61. The zero-order valence-corrected chi connectivity index (χ0v) is 9.87. The molecule has 1 unspecified atom stereocenters. The number of primary amides is 1. The predicted octanol–water partition coefficient (Wildman–Crippen LogP) is 0.267. The molecule has 1 saturated heterocycles. The number of nitrogens with zero attached hydrogens (tertiary/aromatic N) is 2. The van der Waals surface area contributed by atoms with E-state index in [1.165, 1.54) is 23.2 Å². The van der Waals surface area contributed by atoms with Crippen LogP contribution in [-0.2, 0) is 4.79 Å². The van der Waals surface area contributed by atoms with E-state index in [1.807, 2.05) is 0 Å². The van der Waals surface area contributed by atoms with Crippen molar-refractivity contribution in [1.29, 1.82) is 0 Å². The molecule has 6 nitrogen and oxygen atoms in total. The van der Waals surface area contributed by atoms with E-state index in [1.54, 1.807) is 0 Å². The number of nitrogens with two attached hydrogens (primary N) is 1. The molecule has 2 rings (SSSR count). The Hall–Kier alpha value is -2.11. The highest BCUT2D eigenvalue weighted by Gasteiger charge is 2.32. The molecule has 0 radical (unpaired) electrons. The van der Waals surface area contributed by atoms with Crippen molar-refractivity contribution in [3.63, 3.8) is 0 Å².